The van der Waals surface area contributed by atoms with E-state index in [-0.39, 0.29) is 0 Å². The van der Waals surface area contributed by atoms with Gasteiger partial charge in [-0.2, -0.15) is 11.8 Å². The third kappa shape index (κ3) is 3.25. The Morgan fingerprint density at radius 1 is 1.35 bits per heavy atom. The van der Waals surface area contributed by atoms with E-state index in [4.69, 9.17) is 4.98 Å². The fraction of sp³-hybridized carbons (Fsp3) is 0.438. The highest BCUT2D eigenvalue weighted by molar-refractivity contribution is 7.99. The second-order valence-electron chi connectivity index (χ2n) is 5.40. The molecule has 0 bridgehead atoms. The van der Waals surface area contributed by atoms with Crippen molar-refractivity contribution >= 4 is 23.1 Å². The van der Waals surface area contributed by atoms with Gasteiger partial charge in [0, 0.05) is 23.2 Å². The van der Waals surface area contributed by atoms with Gasteiger partial charge in [0.1, 0.15) is 5.01 Å². The first-order valence-electron chi connectivity index (χ1n) is 7.11. The molecule has 106 valence electrons. The summed E-state index contributed by atoms with van der Waals surface area (Å²) in [5, 5.41) is 7.51. The van der Waals surface area contributed by atoms with Gasteiger partial charge in [-0.1, -0.05) is 26.0 Å². The monoisotopic (exact) mass is 304 g/mol. The number of thioether (sulfide) groups is 1. The number of benzene rings is 1. The van der Waals surface area contributed by atoms with Crippen LogP contribution in [0.1, 0.15) is 30.0 Å². The zero-order valence-electron chi connectivity index (χ0n) is 12.0. The maximum Gasteiger partial charge on any atom is 0.103 e. The lowest BCUT2D eigenvalue weighted by Crippen LogP contribution is -2.23. The third-order valence-corrected chi connectivity index (χ3v) is 5.62. The van der Waals surface area contributed by atoms with Crippen LogP contribution in [0.5, 0.6) is 0 Å². The first-order chi connectivity index (χ1) is 9.72. The number of hydrogen-bond donors (Lipinski definition) is 1. The van der Waals surface area contributed by atoms with Gasteiger partial charge in [-0.25, -0.2) is 4.98 Å². The molecule has 0 radical (unpaired) electrons. The van der Waals surface area contributed by atoms with Crippen LogP contribution in [0.3, 0.4) is 0 Å². The van der Waals surface area contributed by atoms with Crippen molar-refractivity contribution in [1.29, 1.82) is 0 Å². The van der Waals surface area contributed by atoms with Crippen molar-refractivity contribution in [3.63, 3.8) is 0 Å². The van der Waals surface area contributed by atoms with Crippen molar-refractivity contribution in [3.8, 4) is 11.3 Å². The molecule has 0 saturated carbocycles. The number of nitrogens with one attached hydrogen (secondary N) is 1. The first kappa shape index (κ1) is 14.1. The molecule has 0 unspecified atom stereocenters. The van der Waals surface area contributed by atoms with Crippen molar-refractivity contribution < 1.29 is 0 Å². The first-order valence-corrected chi connectivity index (χ1v) is 9.04. The van der Waals surface area contributed by atoms with E-state index in [1.807, 2.05) is 11.8 Å². The van der Waals surface area contributed by atoms with Crippen molar-refractivity contribution in [1.82, 2.24) is 10.3 Å². The van der Waals surface area contributed by atoms with Gasteiger partial charge < -0.3 is 5.32 Å². The van der Waals surface area contributed by atoms with Gasteiger partial charge in [-0.15, -0.1) is 11.3 Å². The molecule has 2 aromatic rings. The van der Waals surface area contributed by atoms with E-state index < -0.39 is 0 Å². The molecule has 2 nitrogen and oxygen atoms in total. The van der Waals surface area contributed by atoms with E-state index in [0.29, 0.717) is 5.25 Å². The average molecular weight is 304 g/mol. The number of aromatic nitrogens is 1. The Kier molecular flexibility index (Phi) is 4.44. The van der Waals surface area contributed by atoms with E-state index in [1.165, 1.54) is 21.7 Å². The highest BCUT2D eigenvalue weighted by atomic mass is 32.2. The number of nitrogens with zero attached hydrogens (tertiary/aromatic N) is 1. The molecule has 4 heteroatoms. The molecule has 0 saturated heterocycles. The lowest BCUT2D eigenvalue weighted by molar-refractivity contribution is 0.644. The van der Waals surface area contributed by atoms with Crippen molar-refractivity contribution in [2.45, 2.75) is 37.8 Å². The molecule has 0 aliphatic carbocycles. The third-order valence-electron chi connectivity index (χ3n) is 3.48. The Morgan fingerprint density at radius 3 is 3.10 bits per heavy atom. The van der Waals surface area contributed by atoms with E-state index in [0.717, 1.165) is 31.0 Å². The minimum absolute atomic E-state index is 0.665. The normalized spacial score (nSPS) is 14.6. The molecule has 0 amide bonds. The van der Waals surface area contributed by atoms with Crippen molar-refractivity contribution in [2.75, 3.05) is 6.54 Å². The molecular weight excluding hydrogens is 284 g/mol. The van der Waals surface area contributed by atoms with E-state index >= 15 is 0 Å². The lowest BCUT2D eigenvalue weighted by Gasteiger charge is -2.17. The van der Waals surface area contributed by atoms with Crippen LogP contribution in [0.4, 0.5) is 0 Å². The summed E-state index contributed by atoms with van der Waals surface area (Å²) in [6.45, 7) is 6.56. The van der Waals surface area contributed by atoms with Crippen LogP contribution in [0.15, 0.2) is 23.6 Å². The topological polar surface area (TPSA) is 24.9 Å². The summed E-state index contributed by atoms with van der Waals surface area (Å²) in [5.74, 6) is 1.02. The zero-order valence-corrected chi connectivity index (χ0v) is 13.6. The lowest BCUT2D eigenvalue weighted by atomic mass is 9.98. The summed E-state index contributed by atoms with van der Waals surface area (Å²) < 4.78 is 0. The number of thiazole rings is 1. The fourth-order valence-corrected chi connectivity index (χ4v) is 3.99. The predicted molar refractivity (Wildman–Crippen MR) is 89.4 cm³/mol. The molecule has 0 spiro atoms. The van der Waals surface area contributed by atoms with E-state index in [9.17, 15) is 0 Å². The highest BCUT2D eigenvalue weighted by Gasteiger charge is 2.11. The number of fused-ring (bicyclic) bond motifs is 1. The Labute approximate surface area is 129 Å². The Bertz CT molecular complexity index is 590. The van der Waals surface area contributed by atoms with Crippen LogP contribution in [-0.2, 0) is 18.7 Å². The molecule has 1 aromatic carbocycles. The zero-order chi connectivity index (χ0) is 13.9. The quantitative estimate of drug-likeness (QED) is 0.920. The van der Waals surface area contributed by atoms with Gasteiger partial charge in [0.05, 0.1) is 5.69 Å². The summed E-state index contributed by atoms with van der Waals surface area (Å²) in [6.07, 6.45) is 1.13. The molecule has 0 atom stereocenters. The van der Waals surface area contributed by atoms with E-state index in [2.05, 4.69) is 42.7 Å². The van der Waals surface area contributed by atoms with Gasteiger partial charge in [-0.3, -0.25) is 0 Å². The predicted octanol–water partition coefficient (Wildman–Crippen LogP) is 4.10. The Hall–Kier alpha value is -0.840. The molecule has 0 fully saturated rings. The molecule has 1 N–H and O–H groups in total. The van der Waals surface area contributed by atoms with E-state index in [1.54, 1.807) is 11.3 Å². The highest BCUT2D eigenvalue weighted by Crippen LogP contribution is 2.28. The fourth-order valence-electron chi connectivity index (χ4n) is 2.38. The SMILES string of the molecule is CC(C)SCc1nc(-c2ccc3c(c2)CCNC3)cs1. The standard InChI is InChI=1S/C16H20N2S2/c1-11(2)19-10-16-18-15(9-20-16)13-3-4-14-8-17-6-5-12(14)7-13/h3-4,7,9,11,17H,5-6,8,10H2,1-2H3. The summed E-state index contributed by atoms with van der Waals surface area (Å²) in [7, 11) is 0. The van der Waals surface area contributed by atoms with Crippen LogP contribution in [0.25, 0.3) is 11.3 Å². The maximum atomic E-state index is 4.78. The molecule has 1 aliphatic heterocycles. The van der Waals surface area contributed by atoms with Crippen LogP contribution >= 0.6 is 23.1 Å². The maximum absolute atomic E-state index is 4.78. The second kappa shape index (κ2) is 6.29. The molecule has 1 aromatic heterocycles. The van der Waals surface area contributed by atoms with Crippen LogP contribution in [0, 0.1) is 0 Å². The Morgan fingerprint density at radius 2 is 2.25 bits per heavy atom. The smallest absolute Gasteiger partial charge is 0.103 e. The summed E-state index contributed by atoms with van der Waals surface area (Å²) in [4.78, 5) is 4.78. The summed E-state index contributed by atoms with van der Waals surface area (Å²) in [5.41, 5.74) is 5.32. The van der Waals surface area contributed by atoms with Gasteiger partial charge in [0.2, 0.25) is 0 Å². The average Bonchev–Trinajstić information content (AvgIpc) is 2.93. The van der Waals surface area contributed by atoms with Crippen LogP contribution in [0.2, 0.25) is 0 Å². The van der Waals surface area contributed by atoms with Crippen molar-refractivity contribution in [2.24, 2.45) is 0 Å². The molecule has 3 rings (SSSR count). The summed E-state index contributed by atoms with van der Waals surface area (Å²) >= 11 is 3.73. The van der Waals surface area contributed by atoms with Crippen LogP contribution < -0.4 is 5.32 Å². The Balaban J connectivity index is 1.79. The van der Waals surface area contributed by atoms with Crippen LogP contribution in [-0.4, -0.2) is 16.8 Å². The minimum Gasteiger partial charge on any atom is -0.312 e. The van der Waals surface area contributed by atoms with Gasteiger partial charge in [0.15, 0.2) is 0 Å². The largest absolute Gasteiger partial charge is 0.312 e. The number of hydrogen-bond acceptors (Lipinski definition) is 4. The molecule has 1 aliphatic rings. The van der Waals surface area contributed by atoms with Gasteiger partial charge in [0.25, 0.3) is 0 Å². The van der Waals surface area contributed by atoms with Gasteiger partial charge in [-0.05, 0) is 35.4 Å². The molecule has 2 heterocycles. The minimum atomic E-state index is 0.665. The van der Waals surface area contributed by atoms with Gasteiger partial charge >= 0.3 is 0 Å². The van der Waals surface area contributed by atoms with Crippen molar-refractivity contribution in [3.05, 3.63) is 39.7 Å². The number of rotatable bonds is 4. The second-order valence-corrected chi connectivity index (χ2v) is 7.90. The molecular formula is C16H20N2S2. The summed E-state index contributed by atoms with van der Waals surface area (Å²) in [6, 6.07) is 6.78. The molecule has 20 heavy (non-hydrogen) atoms.